The Morgan fingerprint density at radius 1 is 1.86 bits per heavy atom. The fourth-order valence-electron chi connectivity index (χ4n) is 0.378. The normalized spacial score (nSPS) is 29.3. The highest BCUT2D eigenvalue weighted by atomic mass is 16.7. The summed E-state index contributed by atoms with van der Waals surface area (Å²) in [6.45, 7) is 1.78. The lowest BCUT2D eigenvalue weighted by atomic mass is 10.6. The van der Waals surface area contributed by atoms with Crippen LogP contribution in [0.1, 0.15) is 6.92 Å². The molecule has 1 aliphatic heterocycles. The highest BCUT2D eigenvalue weighted by Gasteiger charge is 2.15. The standard InChI is InChI=1S/C3H6N2O2/c1-2-4-3(6)7-5-2/h2,5H,1H3,(H,4,6)/t2-/m0/s1. The second kappa shape index (κ2) is 1.38. The van der Waals surface area contributed by atoms with E-state index in [1.807, 2.05) is 0 Å². The summed E-state index contributed by atoms with van der Waals surface area (Å²) in [6, 6.07) is 0. The van der Waals surface area contributed by atoms with Gasteiger partial charge in [-0.05, 0) is 6.92 Å². The van der Waals surface area contributed by atoms with Crippen molar-refractivity contribution >= 4 is 6.09 Å². The van der Waals surface area contributed by atoms with E-state index < -0.39 is 6.09 Å². The Bertz CT molecular complexity index is 92.9. The molecule has 2 N–H and O–H groups in total. The van der Waals surface area contributed by atoms with Gasteiger partial charge < -0.3 is 10.2 Å². The first-order chi connectivity index (χ1) is 3.29. The largest absolute Gasteiger partial charge is 0.427 e. The summed E-state index contributed by atoms with van der Waals surface area (Å²) >= 11 is 0. The van der Waals surface area contributed by atoms with Crippen LogP contribution in [0, 0.1) is 0 Å². The molecule has 0 unspecified atom stereocenters. The lowest BCUT2D eigenvalue weighted by Crippen LogP contribution is -2.27. The number of hydrogen-bond donors (Lipinski definition) is 2. The maximum absolute atomic E-state index is 10.1. The molecule has 1 saturated heterocycles. The molecule has 0 aromatic carbocycles. The van der Waals surface area contributed by atoms with Crippen LogP contribution in [0.25, 0.3) is 0 Å². The minimum atomic E-state index is -0.410. The average Bonchev–Trinajstić information content (AvgIpc) is 1.87. The summed E-state index contributed by atoms with van der Waals surface area (Å²) in [6.07, 6.45) is -0.458. The van der Waals surface area contributed by atoms with E-state index in [-0.39, 0.29) is 6.17 Å². The van der Waals surface area contributed by atoms with Crippen LogP contribution in [-0.4, -0.2) is 12.3 Å². The van der Waals surface area contributed by atoms with Gasteiger partial charge in [-0.2, -0.15) is 0 Å². The Kier molecular flexibility index (Phi) is 0.867. The van der Waals surface area contributed by atoms with Crippen LogP contribution in [0.5, 0.6) is 0 Å². The number of carbonyl (C=O) groups is 1. The number of hydrogen-bond acceptors (Lipinski definition) is 3. The minimum absolute atomic E-state index is 0.0486. The summed E-state index contributed by atoms with van der Waals surface area (Å²) < 4.78 is 0. The second-order valence-electron chi connectivity index (χ2n) is 1.37. The Balaban J connectivity index is 2.40. The minimum Gasteiger partial charge on any atom is -0.352 e. The summed E-state index contributed by atoms with van der Waals surface area (Å²) in [5.41, 5.74) is 2.41. The maximum Gasteiger partial charge on any atom is 0.427 e. The van der Waals surface area contributed by atoms with Crippen molar-refractivity contribution in [2.75, 3.05) is 0 Å². The summed E-state index contributed by atoms with van der Waals surface area (Å²) in [7, 11) is 0. The monoisotopic (exact) mass is 102 g/mol. The third-order valence-electron chi connectivity index (χ3n) is 0.663. The number of rotatable bonds is 0. The first-order valence-corrected chi connectivity index (χ1v) is 2.02. The molecule has 0 aliphatic carbocycles. The zero-order chi connectivity index (χ0) is 5.28. The van der Waals surface area contributed by atoms with Gasteiger partial charge in [-0.15, -0.1) is 5.48 Å². The molecule has 4 nitrogen and oxygen atoms in total. The molecule has 1 atom stereocenters. The molecule has 0 spiro atoms. The molecule has 7 heavy (non-hydrogen) atoms. The van der Waals surface area contributed by atoms with E-state index in [0.717, 1.165) is 0 Å². The molecule has 1 amide bonds. The number of carbonyl (C=O) groups excluding carboxylic acids is 1. The van der Waals surface area contributed by atoms with Gasteiger partial charge in [-0.1, -0.05) is 0 Å². The molecule has 1 fully saturated rings. The Labute approximate surface area is 40.8 Å². The third-order valence-corrected chi connectivity index (χ3v) is 0.663. The van der Waals surface area contributed by atoms with Gasteiger partial charge in [0, 0.05) is 0 Å². The van der Waals surface area contributed by atoms with Gasteiger partial charge in [0.25, 0.3) is 0 Å². The van der Waals surface area contributed by atoms with Crippen LogP contribution in [0.2, 0.25) is 0 Å². The number of hydroxylamine groups is 1. The van der Waals surface area contributed by atoms with Gasteiger partial charge in [0.2, 0.25) is 0 Å². The zero-order valence-electron chi connectivity index (χ0n) is 3.89. The van der Waals surface area contributed by atoms with Crippen LogP contribution < -0.4 is 10.8 Å². The molecule has 1 rings (SSSR count). The molecule has 1 aliphatic rings. The average molecular weight is 102 g/mol. The number of nitrogens with one attached hydrogen (secondary N) is 2. The highest BCUT2D eigenvalue weighted by Crippen LogP contribution is 1.85. The molecule has 0 aromatic rings. The quantitative estimate of drug-likeness (QED) is 0.436. The van der Waals surface area contributed by atoms with Gasteiger partial charge in [0.15, 0.2) is 0 Å². The van der Waals surface area contributed by atoms with Gasteiger partial charge in [0.1, 0.15) is 6.17 Å². The van der Waals surface area contributed by atoms with E-state index in [1.54, 1.807) is 6.92 Å². The van der Waals surface area contributed by atoms with Gasteiger partial charge in [-0.3, -0.25) is 0 Å². The second-order valence-corrected chi connectivity index (χ2v) is 1.37. The smallest absolute Gasteiger partial charge is 0.352 e. The van der Waals surface area contributed by atoms with Crippen LogP contribution >= 0.6 is 0 Å². The van der Waals surface area contributed by atoms with Crippen LogP contribution in [-0.2, 0) is 4.84 Å². The maximum atomic E-state index is 10.1. The van der Waals surface area contributed by atoms with Crippen molar-refractivity contribution in [3.8, 4) is 0 Å². The molecule has 0 bridgehead atoms. The Hall–Kier alpha value is -0.770. The first kappa shape index (κ1) is 4.39. The molecule has 1 heterocycles. The van der Waals surface area contributed by atoms with E-state index >= 15 is 0 Å². The predicted octanol–water partition coefficient (Wildman–Crippen LogP) is -0.423. The zero-order valence-corrected chi connectivity index (χ0v) is 3.89. The van der Waals surface area contributed by atoms with Crippen molar-refractivity contribution in [2.24, 2.45) is 0 Å². The molecule has 0 aromatic heterocycles. The van der Waals surface area contributed by atoms with E-state index in [1.165, 1.54) is 0 Å². The summed E-state index contributed by atoms with van der Waals surface area (Å²) in [4.78, 5) is 14.3. The Morgan fingerprint density at radius 2 is 2.57 bits per heavy atom. The molecular formula is C3H6N2O2. The lowest BCUT2D eigenvalue weighted by molar-refractivity contribution is 0.124. The van der Waals surface area contributed by atoms with E-state index in [4.69, 9.17) is 0 Å². The van der Waals surface area contributed by atoms with Crippen molar-refractivity contribution in [2.45, 2.75) is 13.1 Å². The topological polar surface area (TPSA) is 50.4 Å². The van der Waals surface area contributed by atoms with Crippen molar-refractivity contribution in [3.05, 3.63) is 0 Å². The van der Waals surface area contributed by atoms with Gasteiger partial charge in [0.05, 0.1) is 0 Å². The van der Waals surface area contributed by atoms with Crippen molar-refractivity contribution < 1.29 is 9.63 Å². The van der Waals surface area contributed by atoms with E-state index in [0.29, 0.717) is 0 Å². The van der Waals surface area contributed by atoms with E-state index in [9.17, 15) is 4.79 Å². The van der Waals surface area contributed by atoms with Crippen LogP contribution in [0.4, 0.5) is 4.79 Å². The van der Waals surface area contributed by atoms with Gasteiger partial charge in [-0.25, -0.2) is 4.79 Å². The first-order valence-electron chi connectivity index (χ1n) is 2.02. The molecular weight excluding hydrogens is 96.0 g/mol. The number of amides is 1. The van der Waals surface area contributed by atoms with Gasteiger partial charge >= 0.3 is 6.09 Å². The Morgan fingerprint density at radius 3 is 2.71 bits per heavy atom. The lowest BCUT2D eigenvalue weighted by Gasteiger charge is -1.92. The predicted molar refractivity (Wildman–Crippen MR) is 22.2 cm³/mol. The highest BCUT2D eigenvalue weighted by molar-refractivity contribution is 5.68. The van der Waals surface area contributed by atoms with Crippen LogP contribution in [0.3, 0.4) is 0 Å². The fourth-order valence-corrected chi connectivity index (χ4v) is 0.378. The molecule has 4 heteroatoms. The SMILES string of the molecule is C[C@@H]1NOC(=O)N1. The summed E-state index contributed by atoms with van der Waals surface area (Å²) in [5.74, 6) is 0. The van der Waals surface area contributed by atoms with E-state index in [2.05, 4.69) is 15.6 Å². The van der Waals surface area contributed by atoms with Crippen LogP contribution in [0.15, 0.2) is 0 Å². The molecule has 40 valence electrons. The fraction of sp³-hybridized carbons (Fsp3) is 0.667. The third kappa shape index (κ3) is 0.806. The van der Waals surface area contributed by atoms with Crippen molar-refractivity contribution in [3.63, 3.8) is 0 Å². The molecule has 0 saturated carbocycles. The van der Waals surface area contributed by atoms with Crippen molar-refractivity contribution in [1.29, 1.82) is 0 Å². The molecule has 0 radical (unpaired) electrons. The summed E-state index contributed by atoms with van der Waals surface area (Å²) in [5, 5.41) is 2.44. The van der Waals surface area contributed by atoms with Crippen molar-refractivity contribution in [1.82, 2.24) is 10.8 Å².